The molecule has 0 saturated heterocycles. The van der Waals surface area contributed by atoms with Gasteiger partial charge in [-0.2, -0.15) is 12.7 Å². The summed E-state index contributed by atoms with van der Waals surface area (Å²) in [4.78, 5) is -0.822. The minimum absolute atomic E-state index is 0.0389. The van der Waals surface area contributed by atoms with Gasteiger partial charge >= 0.3 is 10.2 Å². The van der Waals surface area contributed by atoms with E-state index in [-0.39, 0.29) is 16.9 Å². The van der Waals surface area contributed by atoms with E-state index in [1.807, 2.05) is 13.8 Å². The number of halogens is 1. The number of hydrogen-bond donors (Lipinski definition) is 0. The highest BCUT2D eigenvalue weighted by Crippen LogP contribution is 2.33. The van der Waals surface area contributed by atoms with E-state index in [0.717, 1.165) is 25.0 Å². The van der Waals surface area contributed by atoms with Crippen LogP contribution in [0, 0.1) is 5.92 Å². The molecule has 0 unspecified atom stereocenters. The molecule has 0 radical (unpaired) electrons. The third-order valence-corrected chi connectivity index (χ3v) is 5.92. The van der Waals surface area contributed by atoms with Crippen molar-refractivity contribution in [2.24, 2.45) is 5.92 Å². The minimum atomic E-state index is -4.92. The molecule has 1 saturated carbocycles. The van der Waals surface area contributed by atoms with Gasteiger partial charge in [-0.25, -0.2) is 8.42 Å². The Kier molecular flexibility index (Phi) is 4.41. The van der Waals surface area contributed by atoms with Gasteiger partial charge in [-0.05, 0) is 37.0 Å². The largest absolute Gasteiger partial charge is 0.332 e. The Morgan fingerprint density at radius 2 is 1.76 bits per heavy atom. The first-order valence-electron chi connectivity index (χ1n) is 6.69. The maximum Gasteiger partial charge on any atom is 0.332 e. The van der Waals surface area contributed by atoms with Gasteiger partial charge in [-0.3, -0.25) is 0 Å². The molecule has 0 N–H and O–H groups in total. The lowest BCUT2D eigenvalue weighted by Crippen LogP contribution is -2.36. The average Bonchev–Trinajstić information content (AvgIpc) is 3.19. The van der Waals surface area contributed by atoms with Crippen LogP contribution in [0.2, 0.25) is 0 Å². The molecule has 0 atom stereocenters. The van der Waals surface area contributed by atoms with Crippen LogP contribution in [0.3, 0.4) is 0 Å². The van der Waals surface area contributed by atoms with Gasteiger partial charge in [-0.15, -0.1) is 3.89 Å². The maximum absolute atomic E-state index is 13.0. The van der Waals surface area contributed by atoms with Gasteiger partial charge in [-0.1, -0.05) is 19.9 Å². The van der Waals surface area contributed by atoms with Crippen LogP contribution in [0.1, 0.15) is 26.7 Å². The summed E-state index contributed by atoms with van der Waals surface area (Å²) in [6.07, 6.45) is 1.60. The van der Waals surface area contributed by atoms with Crippen molar-refractivity contribution in [1.29, 1.82) is 0 Å². The van der Waals surface area contributed by atoms with Crippen molar-refractivity contribution in [3.8, 4) is 0 Å². The maximum atomic E-state index is 13.0. The zero-order valence-corrected chi connectivity index (χ0v) is 13.5. The molecule has 2 rings (SSSR count). The number of nitrogens with zero attached hydrogens (tertiary/aromatic N) is 1. The van der Waals surface area contributed by atoms with Gasteiger partial charge < -0.3 is 0 Å². The molecular weight excluding hydrogens is 317 g/mol. The molecule has 0 aromatic heterocycles. The number of rotatable bonds is 6. The topological polar surface area (TPSA) is 71.5 Å². The van der Waals surface area contributed by atoms with Gasteiger partial charge in [0.15, 0.2) is 0 Å². The second kappa shape index (κ2) is 5.66. The molecule has 0 amide bonds. The molecule has 1 aromatic rings. The van der Waals surface area contributed by atoms with Crippen LogP contribution >= 0.6 is 0 Å². The van der Waals surface area contributed by atoms with E-state index in [1.54, 1.807) is 0 Å². The van der Waals surface area contributed by atoms with E-state index in [9.17, 15) is 20.7 Å². The van der Waals surface area contributed by atoms with Gasteiger partial charge in [0.2, 0.25) is 10.0 Å². The summed E-state index contributed by atoms with van der Waals surface area (Å²) in [7, 11) is -8.74. The fraction of sp³-hybridized carbons (Fsp3) is 0.538. The van der Waals surface area contributed by atoms with Crippen LogP contribution in [0.4, 0.5) is 3.89 Å². The van der Waals surface area contributed by atoms with Crippen LogP contribution in [-0.4, -0.2) is 33.7 Å². The zero-order chi connectivity index (χ0) is 15.8. The molecule has 118 valence electrons. The van der Waals surface area contributed by atoms with Gasteiger partial charge in [0, 0.05) is 12.6 Å². The van der Waals surface area contributed by atoms with Crippen molar-refractivity contribution in [2.75, 3.05) is 6.54 Å². The highest BCUT2D eigenvalue weighted by molar-refractivity contribution is 7.89. The molecule has 8 heteroatoms. The van der Waals surface area contributed by atoms with Gasteiger partial charge in [0.25, 0.3) is 0 Å². The first-order chi connectivity index (χ1) is 9.62. The lowest BCUT2D eigenvalue weighted by Gasteiger charge is -2.23. The van der Waals surface area contributed by atoms with Crippen molar-refractivity contribution in [1.82, 2.24) is 4.31 Å². The quantitative estimate of drug-likeness (QED) is 0.747. The molecule has 1 aromatic carbocycles. The minimum Gasteiger partial charge on any atom is -0.207 e. The first-order valence-corrected chi connectivity index (χ1v) is 9.51. The SMILES string of the molecule is CC(C)CN(C1CC1)S(=O)(=O)c1cccc(S(=O)(=O)F)c1. The van der Waals surface area contributed by atoms with Crippen molar-refractivity contribution in [3.63, 3.8) is 0 Å². The highest BCUT2D eigenvalue weighted by atomic mass is 32.3. The second-order valence-corrected chi connectivity index (χ2v) is 8.85. The molecule has 0 heterocycles. The van der Waals surface area contributed by atoms with E-state index in [0.29, 0.717) is 6.54 Å². The van der Waals surface area contributed by atoms with Crippen molar-refractivity contribution in [2.45, 2.75) is 42.5 Å². The van der Waals surface area contributed by atoms with Gasteiger partial charge in [0.1, 0.15) is 0 Å². The molecule has 0 bridgehead atoms. The molecule has 5 nitrogen and oxygen atoms in total. The van der Waals surface area contributed by atoms with Crippen LogP contribution < -0.4 is 0 Å². The van der Waals surface area contributed by atoms with E-state index in [4.69, 9.17) is 0 Å². The summed E-state index contributed by atoms with van der Waals surface area (Å²) < 4.78 is 61.6. The highest BCUT2D eigenvalue weighted by Gasteiger charge is 2.38. The summed E-state index contributed by atoms with van der Waals surface area (Å²) >= 11 is 0. The molecule has 0 spiro atoms. The Morgan fingerprint density at radius 1 is 1.19 bits per heavy atom. The molecule has 1 aliphatic carbocycles. The third-order valence-electron chi connectivity index (χ3n) is 3.19. The fourth-order valence-corrected chi connectivity index (χ4v) is 4.57. The van der Waals surface area contributed by atoms with Crippen molar-refractivity contribution >= 4 is 20.2 Å². The molecule has 0 aliphatic heterocycles. The smallest absolute Gasteiger partial charge is 0.207 e. The lowest BCUT2D eigenvalue weighted by atomic mass is 10.2. The predicted octanol–water partition coefficient (Wildman–Crippen LogP) is 2.15. The summed E-state index contributed by atoms with van der Waals surface area (Å²) in [5, 5.41) is 0. The van der Waals surface area contributed by atoms with E-state index in [1.165, 1.54) is 16.4 Å². The molecule has 21 heavy (non-hydrogen) atoms. The summed E-state index contributed by atoms with van der Waals surface area (Å²) in [6.45, 7) is 4.18. The Bertz CT molecular complexity index is 724. The summed E-state index contributed by atoms with van der Waals surface area (Å²) in [5.74, 6) is 0.147. The monoisotopic (exact) mass is 335 g/mol. The number of benzene rings is 1. The van der Waals surface area contributed by atoms with Crippen LogP contribution in [0.25, 0.3) is 0 Å². The van der Waals surface area contributed by atoms with E-state index in [2.05, 4.69) is 0 Å². The van der Waals surface area contributed by atoms with E-state index < -0.39 is 25.1 Å². The Hall–Kier alpha value is -0.990. The average molecular weight is 335 g/mol. The Balaban J connectivity index is 2.43. The van der Waals surface area contributed by atoms with Crippen molar-refractivity contribution < 1.29 is 20.7 Å². The number of hydrogen-bond acceptors (Lipinski definition) is 4. The van der Waals surface area contributed by atoms with Crippen LogP contribution in [0.5, 0.6) is 0 Å². The summed E-state index contributed by atoms with van der Waals surface area (Å²) in [6, 6.07) is 4.40. The molecule has 1 aliphatic rings. The standard InChI is InChI=1S/C13H18FNO4S2/c1-10(2)9-15(11-6-7-11)21(18,19)13-5-3-4-12(8-13)20(14,16)17/h3-5,8,10-11H,6-7,9H2,1-2H3. The fourth-order valence-electron chi connectivity index (χ4n) is 2.09. The third kappa shape index (κ3) is 3.81. The number of sulfonamides is 1. The van der Waals surface area contributed by atoms with Crippen molar-refractivity contribution in [3.05, 3.63) is 24.3 Å². The molecular formula is C13H18FNO4S2. The Morgan fingerprint density at radius 3 is 2.24 bits per heavy atom. The van der Waals surface area contributed by atoms with Crippen LogP contribution in [0.15, 0.2) is 34.1 Å². The van der Waals surface area contributed by atoms with Gasteiger partial charge in [0.05, 0.1) is 9.79 Å². The van der Waals surface area contributed by atoms with E-state index >= 15 is 0 Å². The first kappa shape index (κ1) is 16.4. The zero-order valence-electron chi connectivity index (χ0n) is 11.9. The summed E-state index contributed by atoms with van der Waals surface area (Å²) in [5.41, 5.74) is 0. The lowest BCUT2D eigenvalue weighted by molar-refractivity contribution is 0.360. The molecule has 1 fully saturated rings. The predicted molar refractivity (Wildman–Crippen MR) is 76.5 cm³/mol. The normalized spacial score (nSPS) is 16.6. The second-order valence-electron chi connectivity index (χ2n) is 5.61. The van der Waals surface area contributed by atoms with Crippen LogP contribution in [-0.2, 0) is 20.2 Å². The Labute approximate surface area is 125 Å².